The number of carbonyl (C=O) groups excluding carboxylic acids is 2. The number of esters is 2. The maximum atomic E-state index is 13.1. The first-order valence-corrected chi connectivity index (χ1v) is 13.9. The standard InChI is InChI=1S/C29H43NO9/c1-14-10-15(2)29-13-19(11-22(33)20(29)12-23(36-6)28(35)37-24(14)18(5)32)26(39-29)25(16(3)17(4)31)38-27(34)21-8-7-9-30-21/h7-10,14,16-20,22-26,30-33H,11-13H2,1-6H3/b15-10+/t14-,16-,17+,18-,19-,20+,22+,23+,24+,25-,26-,29+/m1/s1. The second kappa shape index (κ2) is 11.7. The molecule has 12 atom stereocenters. The van der Waals surface area contributed by atoms with E-state index >= 15 is 0 Å². The lowest BCUT2D eigenvalue weighted by atomic mass is 9.64. The van der Waals surface area contributed by atoms with Gasteiger partial charge in [-0.2, -0.15) is 0 Å². The Morgan fingerprint density at radius 2 is 1.92 bits per heavy atom. The number of aliphatic hydroxyl groups excluding tert-OH is 3. The summed E-state index contributed by atoms with van der Waals surface area (Å²) in [5.41, 5.74) is 0.182. The molecule has 1 saturated carbocycles. The summed E-state index contributed by atoms with van der Waals surface area (Å²) in [4.78, 5) is 28.9. The van der Waals surface area contributed by atoms with E-state index in [9.17, 15) is 24.9 Å². The van der Waals surface area contributed by atoms with Crippen molar-refractivity contribution in [2.45, 2.75) is 102 Å². The first-order chi connectivity index (χ1) is 18.4. The molecule has 1 saturated heterocycles. The van der Waals surface area contributed by atoms with Gasteiger partial charge >= 0.3 is 11.9 Å². The number of hydrogen-bond donors (Lipinski definition) is 4. The summed E-state index contributed by atoms with van der Waals surface area (Å²) in [5, 5.41) is 32.4. The minimum absolute atomic E-state index is 0.154. The molecule has 2 bridgehead atoms. The molecule has 0 unspecified atom stereocenters. The molecule has 1 spiro atoms. The Morgan fingerprint density at radius 1 is 1.21 bits per heavy atom. The van der Waals surface area contributed by atoms with Crippen LogP contribution in [0, 0.1) is 23.7 Å². The van der Waals surface area contributed by atoms with Crippen molar-refractivity contribution in [3.05, 3.63) is 35.7 Å². The monoisotopic (exact) mass is 549 g/mol. The number of H-pyrrole nitrogens is 1. The summed E-state index contributed by atoms with van der Waals surface area (Å²) < 4.78 is 24.1. The topological polar surface area (TPSA) is 148 Å². The van der Waals surface area contributed by atoms with E-state index in [0.717, 1.165) is 5.57 Å². The molecule has 39 heavy (non-hydrogen) atoms. The summed E-state index contributed by atoms with van der Waals surface area (Å²) >= 11 is 0. The number of ether oxygens (including phenoxy) is 4. The van der Waals surface area contributed by atoms with E-state index in [1.54, 1.807) is 32.2 Å². The van der Waals surface area contributed by atoms with Gasteiger partial charge < -0.3 is 39.3 Å². The number of hydrogen-bond acceptors (Lipinski definition) is 9. The van der Waals surface area contributed by atoms with Gasteiger partial charge in [-0.3, -0.25) is 0 Å². The van der Waals surface area contributed by atoms with Crippen molar-refractivity contribution in [2.75, 3.05) is 7.11 Å². The van der Waals surface area contributed by atoms with Gasteiger partial charge in [0.15, 0.2) is 6.10 Å². The number of rotatable bonds is 7. The molecule has 3 aliphatic rings. The van der Waals surface area contributed by atoms with Crippen molar-refractivity contribution in [1.82, 2.24) is 4.98 Å². The van der Waals surface area contributed by atoms with Crippen molar-refractivity contribution in [1.29, 1.82) is 0 Å². The smallest absolute Gasteiger partial charge is 0.355 e. The minimum atomic E-state index is -0.964. The van der Waals surface area contributed by atoms with Gasteiger partial charge in [0, 0.05) is 31.1 Å². The lowest BCUT2D eigenvalue weighted by molar-refractivity contribution is -0.175. The molecule has 1 aromatic heterocycles. The number of nitrogens with one attached hydrogen (secondary N) is 1. The normalized spacial score (nSPS) is 39.4. The van der Waals surface area contributed by atoms with Gasteiger partial charge in [0.05, 0.1) is 30.0 Å². The molecule has 218 valence electrons. The zero-order chi connectivity index (χ0) is 28.6. The van der Waals surface area contributed by atoms with Crippen LogP contribution in [0.25, 0.3) is 0 Å². The van der Waals surface area contributed by atoms with E-state index in [-0.39, 0.29) is 18.3 Å². The fourth-order valence-electron chi connectivity index (χ4n) is 6.76. The second-order valence-electron chi connectivity index (χ2n) is 11.7. The molecule has 10 nitrogen and oxygen atoms in total. The molecule has 10 heteroatoms. The quantitative estimate of drug-likeness (QED) is 0.297. The Bertz CT molecular complexity index is 1040. The van der Waals surface area contributed by atoms with Crippen molar-refractivity contribution < 1.29 is 43.9 Å². The van der Waals surface area contributed by atoms with Crippen LogP contribution in [0.5, 0.6) is 0 Å². The molecular weight excluding hydrogens is 506 g/mol. The van der Waals surface area contributed by atoms with Crippen LogP contribution in [0.15, 0.2) is 30.0 Å². The first-order valence-electron chi connectivity index (χ1n) is 13.9. The summed E-state index contributed by atoms with van der Waals surface area (Å²) in [5.74, 6) is -2.61. The molecule has 0 aromatic carbocycles. The average molecular weight is 550 g/mol. The molecule has 1 aliphatic carbocycles. The van der Waals surface area contributed by atoms with Gasteiger partial charge in [-0.15, -0.1) is 0 Å². The second-order valence-corrected chi connectivity index (χ2v) is 11.7. The van der Waals surface area contributed by atoms with Gasteiger partial charge in [0.2, 0.25) is 0 Å². The molecular formula is C29H43NO9. The Balaban J connectivity index is 1.76. The number of methoxy groups -OCH3 is 1. The molecule has 4 N–H and O–H groups in total. The Morgan fingerprint density at radius 3 is 2.51 bits per heavy atom. The molecule has 1 aromatic rings. The van der Waals surface area contributed by atoms with Crippen molar-refractivity contribution in [2.24, 2.45) is 23.7 Å². The van der Waals surface area contributed by atoms with Crippen molar-refractivity contribution >= 4 is 11.9 Å². The van der Waals surface area contributed by atoms with E-state index in [1.165, 1.54) is 7.11 Å². The third-order valence-electron chi connectivity index (χ3n) is 9.09. The highest BCUT2D eigenvalue weighted by Crippen LogP contribution is 2.56. The minimum Gasteiger partial charge on any atom is -0.457 e. The first kappa shape index (κ1) is 29.7. The molecule has 0 amide bonds. The highest BCUT2D eigenvalue weighted by Gasteiger charge is 2.61. The highest BCUT2D eigenvalue weighted by molar-refractivity contribution is 5.87. The highest BCUT2D eigenvalue weighted by atomic mass is 16.6. The predicted octanol–water partition coefficient (Wildman–Crippen LogP) is 2.38. The van der Waals surface area contributed by atoms with Crippen LogP contribution < -0.4 is 0 Å². The van der Waals surface area contributed by atoms with Gasteiger partial charge in [-0.05, 0) is 63.7 Å². The lowest BCUT2D eigenvalue weighted by Gasteiger charge is -2.45. The van der Waals surface area contributed by atoms with Gasteiger partial charge in [-0.25, -0.2) is 9.59 Å². The molecule has 3 heterocycles. The maximum Gasteiger partial charge on any atom is 0.355 e. The summed E-state index contributed by atoms with van der Waals surface area (Å²) in [6, 6.07) is 3.33. The summed E-state index contributed by atoms with van der Waals surface area (Å²) in [6.07, 6.45) is -0.989. The number of aliphatic hydroxyl groups is 3. The fraction of sp³-hybridized carbons (Fsp3) is 0.724. The summed E-state index contributed by atoms with van der Waals surface area (Å²) in [7, 11) is 1.42. The van der Waals surface area contributed by atoms with Crippen LogP contribution in [0.2, 0.25) is 0 Å². The summed E-state index contributed by atoms with van der Waals surface area (Å²) in [6.45, 7) is 8.84. The molecule has 2 aliphatic heterocycles. The van der Waals surface area contributed by atoms with Crippen LogP contribution in [-0.4, -0.2) is 87.7 Å². The van der Waals surface area contributed by atoms with Crippen LogP contribution >= 0.6 is 0 Å². The predicted molar refractivity (Wildman–Crippen MR) is 141 cm³/mol. The third kappa shape index (κ3) is 5.67. The maximum absolute atomic E-state index is 13.1. The molecule has 0 radical (unpaired) electrons. The van der Waals surface area contributed by atoms with E-state index < -0.39 is 72.1 Å². The molecule has 2 fully saturated rings. The van der Waals surface area contributed by atoms with Crippen molar-refractivity contribution in [3.8, 4) is 0 Å². The van der Waals surface area contributed by atoms with Crippen LogP contribution in [0.4, 0.5) is 0 Å². The zero-order valence-electron chi connectivity index (χ0n) is 23.6. The van der Waals surface area contributed by atoms with E-state index in [4.69, 9.17) is 18.9 Å². The zero-order valence-corrected chi connectivity index (χ0v) is 23.6. The van der Waals surface area contributed by atoms with Gasteiger partial charge in [0.1, 0.15) is 17.9 Å². The van der Waals surface area contributed by atoms with E-state index in [0.29, 0.717) is 18.5 Å². The van der Waals surface area contributed by atoms with Crippen LogP contribution in [-0.2, 0) is 23.7 Å². The largest absolute Gasteiger partial charge is 0.457 e. The SMILES string of the molecule is CO[C@H]1C[C@H]2[C@@H](O)C[C@@H]3C[C@]2(O[C@H]3[C@H](OC(=O)c2ccc[nH]2)[C@H](C)[C@H](C)O)/C(C)=C/[C@@H](C)[C@@H]([C@@H](C)O)OC1=O. The number of fused-ring (bicyclic) bond motifs is 1. The van der Waals surface area contributed by atoms with Crippen LogP contribution in [0.1, 0.15) is 64.4 Å². The van der Waals surface area contributed by atoms with Crippen LogP contribution in [0.3, 0.4) is 0 Å². The fourth-order valence-corrected chi connectivity index (χ4v) is 6.76. The lowest BCUT2D eigenvalue weighted by Crippen LogP contribution is -2.51. The van der Waals surface area contributed by atoms with E-state index in [2.05, 4.69) is 4.98 Å². The number of aromatic nitrogens is 1. The molecule has 4 rings (SSSR count). The third-order valence-corrected chi connectivity index (χ3v) is 9.09. The Hall–Kier alpha value is -2.24. The average Bonchev–Trinajstić information content (AvgIpc) is 3.52. The van der Waals surface area contributed by atoms with Gasteiger partial charge in [-0.1, -0.05) is 19.9 Å². The van der Waals surface area contributed by atoms with Gasteiger partial charge in [0.25, 0.3) is 0 Å². The Kier molecular flexibility index (Phi) is 8.92. The number of carbonyl (C=O) groups is 2. The number of aromatic amines is 1. The Labute approximate surface area is 229 Å². The van der Waals surface area contributed by atoms with Crippen molar-refractivity contribution in [3.63, 3.8) is 0 Å². The number of cyclic esters (lactones) is 1. The van der Waals surface area contributed by atoms with E-state index in [1.807, 2.05) is 26.8 Å².